The third-order valence-electron chi connectivity index (χ3n) is 5.64. The van der Waals surface area contributed by atoms with Crippen molar-refractivity contribution in [1.82, 2.24) is 0 Å². The minimum atomic E-state index is -5.22. The fraction of sp³-hybridized carbons (Fsp3) is 0.417. The zero-order valence-electron chi connectivity index (χ0n) is 18.2. The summed E-state index contributed by atoms with van der Waals surface area (Å²) in [4.78, 5) is 1.15. The number of halogens is 6. The van der Waals surface area contributed by atoms with Gasteiger partial charge in [-0.1, -0.05) is 25.5 Å². The Hall–Kier alpha value is -2.46. The van der Waals surface area contributed by atoms with Crippen LogP contribution in [0.3, 0.4) is 0 Å². The molecule has 0 saturated carbocycles. The summed E-state index contributed by atoms with van der Waals surface area (Å²) in [5.41, 5.74) is 0.598. The van der Waals surface area contributed by atoms with Crippen LogP contribution in [0.5, 0.6) is 11.5 Å². The van der Waals surface area contributed by atoms with Gasteiger partial charge in [0.15, 0.2) is 11.6 Å². The van der Waals surface area contributed by atoms with Crippen molar-refractivity contribution in [3.05, 3.63) is 58.2 Å². The molecule has 1 fully saturated rings. The highest BCUT2D eigenvalue weighted by Crippen LogP contribution is 2.37. The van der Waals surface area contributed by atoms with Gasteiger partial charge >= 0.3 is 6.36 Å². The predicted molar refractivity (Wildman–Crippen MR) is 116 cm³/mol. The van der Waals surface area contributed by atoms with Crippen LogP contribution in [-0.2, 0) is 11.2 Å². The van der Waals surface area contributed by atoms with Crippen molar-refractivity contribution in [2.24, 2.45) is 0 Å². The Kier molecular flexibility index (Phi) is 7.28. The van der Waals surface area contributed by atoms with Gasteiger partial charge in [-0.05, 0) is 36.3 Å². The smallest absolute Gasteiger partial charge is 0.491 e. The molecule has 2 unspecified atom stereocenters. The number of fused-ring (bicyclic) bond motifs is 1. The lowest BCUT2D eigenvalue weighted by atomic mass is 9.90. The second-order valence-electron chi connectivity index (χ2n) is 8.15. The first kappa shape index (κ1) is 24.7. The summed E-state index contributed by atoms with van der Waals surface area (Å²) in [7, 11) is 0. The summed E-state index contributed by atoms with van der Waals surface area (Å²) < 4.78 is 94.7. The zero-order chi connectivity index (χ0) is 24.5. The number of alkyl halides is 3. The summed E-state index contributed by atoms with van der Waals surface area (Å²) in [6, 6.07) is 6.98. The number of aryl methyl sites for hydroxylation is 1. The number of hydrogen-bond acceptors (Lipinski definition) is 4. The Balaban J connectivity index is 1.35. The number of benzene rings is 2. The minimum absolute atomic E-state index is 0.0576. The van der Waals surface area contributed by atoms with E-state index in [1.807, 2.05) is 12.1 Å². The van der Waals surface area contributed by atoms with Crippen LogP contribution in [0.4, 0.5) is 26.3 Å². The standard InChI is InChI=1S/C24H22F6O3S/c1-2-3-17-8-13-5-7-18(21(27)23(13)34-17)14-4-6-15(31-11-14)12-32-16-9-19(25)22(20(26)10-16)33-24(28,29)30/h5,7-10,14-15H,2-4,6,11-12H2,1H3. The summed E-state index contributed by atoms with van der Waals surface area (Å²) in [5, 5.41) is 0.892. The van der Waals surface area contributed by atoms with E-state index in [0.717, 1.165) is 23.1 Å². The van der Waals surface area contributed by atoms with Crippen LogP contribution < -0.4 is 9.47 Å². The highest BCUT2D eigenvalue weighted by molar-refractivity contribution is 7.19. The normalized spacial score (nSPS) is 18.9. The molecule has 1 aliphatic heterocycles. The van der Waals surface area contributed by atoms with E-state index >= 15 is 4.39 Å². The molecular weight excluding hydrogens is 482 g/mol. The second kappa shape index (κ2) is 10.0. The maximum absolute atomic E-state index is 15.2. The third kappa shape index (κ3) is 5.60. The quantitative estimate of drug-likeness (QED) is 0.312. The zero-order valence-corrected chi connectivity index (χ0v) is 19.0. The van der Waals surface area contributed by atoms with E-state index in [0.29, 0.717) is 35.2 Å². The first-order valence-electron chi connectivity index (χ1n) is 10.8. The van der Waals surface area contributed by atoms with Gasteiger partial charge in [-0.3, -0.25) is 0 Å². The Morgan fingerprint density at radius 3 is 2.41 bits per heavy atom. The van der Waals surface area contributed by atoms with Gasteiger partial charge < -0.3 is 14.2 Å². The van der Waals surface area contributed by atoms with Crippen LogP contribution in [0.15, 0.2) is 30.3 Å². The summed E-state index contributed by atoms with van der Waals surface area (Å²) in [5.74, 6) is -5.24. The molecule has 0 bridgehead atoms. The molecule has 1 aromatic heterocycles. The van der Waals surface area contributed by atoms with E-state index in [9.17, 15) is 22.0 Å². The van der Waals surface area contributed by atoms with Crippen LogP contribution in [-0.4, -0.2) is 25.7 Å². The molecule has 3 aromatic rings. The van der Waals surface area contributed by atoms with Crippen LogP contribution >= 0.6 is 11.3 Å². The van der Waals surface area contributed by atoms with E-state index in [4.69, 9.17) is 9.47 Å². The van der Waals surface area contributed by atoms with E-state index < -0.39 is 29.9 Å². The van der Waals surface area contributed by atoms with Gasteiger partial charge in [0.2, 0.25) is 5.75 Å². The number of ether oxygens (including phenoxy) is 3. The van der Waals surface area contributed by atoms with Gasteiger partial charge in [-0.25, -0.2) is 13.2 Å². The average molecular weight is 504 g/mol. The molecule has 0 aliphatic carbocycles. The topological polar surface area (TPSA) is 27.7 Å². The van der Waals surface area contributed by atoms with E-state index in [1.54, 1.807) is 6.07 Å². The molecule has 4 rings (SSSR count). The molecule has 0 radical (unpaired) electrons. The molecule has 2 heterocycles. The van der Waals surface area contributed by atoms with Crippen molar-refractivity contribution in [2.45, 2.75) is 51.0 Å². The number of thiophene rings is 1. The van der Waals surface area contributed by atoms with E-state index in [2.05, 4.69) is 11.7 Å². The predicted octanol–water partition coefficient (Wildman–Crippen LogP) is 7.51. The van der Waals surface area contributed by atoms with Gasteiger partial charge in [-0.2, -0.15) is 0 Å². The molecule has 0 N–H and O–H groups in total. The molecule has 0 spiro atoms. The molecule has 1 aliphatic rings. The van der Waals surface area contributed by atoms with Gasteiger partial charge in [0.05, 0.1) is 17.4 Å². The minimum Gasteiger partial charge on any atom is -0.491 e. The Bertz CT molecular complexity index is 1130. The van der Waals surface area contributed by atoms with Gasteiger partial charge in [0.25, 0.3) is 0 Å². The van der Waals surface area contributed by atoms with Crippen LogP contribution in [0.1, 0.15) is 42.5 Å². The molecule has 2 atom stereocenters. The summed E-state index contributed by atoms with van der Waals surface area (Å²) in [6.45, 7) is 2.28. The largest absolute Gasteiger partial charge is 0.573 e. The Labute approximate surface area is 196 Å². The van der Waals surface area contributed by atoms with Gasteiger partial charge in [0.1, 0.15) is 18.2 Å². The molecule has 2 aromatic carbocycles. The Morgan fingerprint density at radius 2 is 1.79 bits per heavy atom. The van der Waals surface area contributed by atoms with Crippen molar-refractivity contribution in [1.29, 1.82) is 0 Å². The number of hydrogen-bond donors (Lipinski definition) is 0. The maximum Gasteiger partial charge on any atom is 0.573 e. The average Bonchev–Trinajstić information content (AvgIpc) is 3.19. The highest BCUT2D eigenvalue weighted by atomic mass is 32.1. The van der Waals surface area contributed by atoms with Crippen molar-refractivity contribution in [3.8, 4) is 11.5 Å². The lowest BCUT2D eigenvalue weighted by Crippen LogP contribution is -2.30. The second-order valence-corrected chi connectivity index (χ2v) is 9.29. The van der Waals surface area contributed by atoms with E-state index in [-0.39, 0.29) is 30.7 Å². The summed E-state index contributed by atoms with van der Waals surface area (Å²) >= 11 is 1.47. The molecule has 34 heavy (non-hydrogen) atoms. The molecule has 3 nitrogen and oxygen atoms in total. The molecule has 184 valence electrons. The van der Waals surface area contributed by atoms with Crippen LogP contribution in [0.2, 0.25) is 0 Å². The first-order valence-corrected chi connectivity index (χ1v) is 11.7. The third-order valence-corrected chi connectivity index (χ3v) is 6.84. The van der Waals surface area contributed by atoms with Gasteiger partial charge in [-0.15, -0.1) is 24.5 Å². The Morgan fingerprint density at radius 1 is 1.06 bits per heavy atom. The fourth-order valence-electron chi connectivity index (χ4n) is 4.03. The molecule has 0 amide bonds. The summed E-state index contributed by atoms with van der Waals surface area (Å²) in [6.07, 6.45) is -2.57. The monoisotopic (exact) mass is 504 g/mol. The lowest BCUT2D eigenvalue weighted by Gasteiger charge is -2.29. The van der Waals surface area contributed by atoms with Crippen LogP contribution in [0, 0.1) is 17.5 Å². The molecule has 10 heteroatoms. The van der Waals surface area contributed by atoms with Crippen molar-refractivity contribution in [2.75, 3.05) is 13.2 Å². The van der Waals surface area contributed by atoms with Gasteiger partial charge in [0, 0.05) is 22.9 Å². The highest BCUT2D eigenvalue weighted by Gasteiger charge is 2.34. The number of rotatable bonds is 7. The molecular formula is C24H22F6O3S. The fourth-order valence-corrected chi connectivity index (χ4v) is 5.23. The lowest BCUT2D eigenvalue weighted by molar-refractivity contribution is -0.276. The van der Waals surface area contributed by atoms with E-state index in [1.165, 1.54) is 11.3 Å². The van der Waals surface area contributed by atoms with Crippen molar-refractivity contribution in [3.63, 3.8) is 0 Å². The van der Waals surface area contributed by atoms with Crippen LogP contribution in [0.25, 0.3) is 10.1 Å². The van der Waals surface area contributed by atoms with Crippen molar-refractivity contribution >= 4 is 21.4 Å². The first-order chi connectivity index (χ1) is 16.1. The van der Waals surface area contributed by atoms with Crippen molar-refractivity contribution < 1.29 is 40.6 Å². The molecule has 1 saturated heterocycles. The maximum atomic E-state index is 15.2. The SMILES string of the molecule is CCCc1cc2ccc(C3CCC(COc4cc(F)c(OC(F)(F)F)c(F)c4)OC3)c(F)c2s1.